The number of carbonyl (C=O) groups excluding carboxylic acids is 1. The molecule has 1 atom stereocenters. The summed E-state index contributed by atoms with van der Waals surface area (Å²) in [7, 11) is 0. The maximum atomic E-state index is 13.7. The Kier molecular flexibility index (Phi) is 6.25. The first-order valence-corrected chi connectivity index (χ1v) is 11.2. The maximum absolute atomic E-state index is 13.7. The van der Waals surface area contributed by atoms with E-state index in [-0.39, 0.29) is 23.3 Å². The van der Waals surface area contributed by atoms with Crippen LogP contribution in [-0.2, 0) is 6.18 Å². The van der Waals surface area contributed by atoms with Gasteiger partial charge in [-0.15, -0.1) is 0 Å². The van der Waals surface area contributed by atoms with Crippen LogP contribution in [-0.4, -0.2) is 55.2 Å². The Morgan fingerprint density at radius 3 is 2.45 bits per heavy atom. The van der Waals surface area contributed by atoms with Crippen LogP contribution in [0.1, 0.15) is 27.5 Å². The van der Waals surface area contributed by atoms with Crippen molar-refractivity contribution in [3.05, 3.63) is 82.2 Å². The molecule has 0 aliphatic carbocycles. The minimum Gasteiger partial charge on any atom is -0.506 e. The first-order valence-electron chi connectivity index (χ1n) is 11.2. The van der Waals surface area contributed by atoms with E-state index in [0.29, 0.717) is 16.7 Å². The Bertz CT molecular complexity index is 1590. The van der Waals surface area contributed by atoms with Gasteiger partial charge in [0, 0.05) is 28.9 Å². The number of rotatable bonds is 5. The summed E-state index contributed by atoms with van der Waals surface area (Å²) in [6.45, 7) is -0.793. The van der Waals surface area contributed by atoms with Gasteiger partial charge in [-0.05, 0) is 29.8 Å². The zero-order chi connectivity index (χ0) is 27.2. The quantitative estimate of drug-likeness (QED) is 0.289. The van der Waals surface area contributed by atoms with E-state index in [1.54, 1.807) is 6.07 Å². The van der Waals surface area contributed by atoms with Crippen molar-refractivity contribution in [1.29, 1.82) is 0 Å². The molecule has 1 aliphatic heterocycles. The number of nitrogens with one attached hydrogen (secondary N) is 1. The van der Waals surface area contributed by atoms with Crippen molar-refractivity contribution in [1.82, 2.24) is 19.9 Å². The Balaban J connectivity index is 1.77. The van der Waals surface area contributed by atoms with Gasteiger partial charge < -0.3 is 25.4 Å². The number of ether oxygens (including phenoxy) is 1. The summed E-state index contributed by atoms with van der Waals surface area (Å²) in [5, 5.41) is 31.4. The smallest absolute Gasteiger partial charge is 0.416 e. The lowest BCUT2D eigenvalue weighted by molar-refractivity contribution is -0.137. The van der Waals surface area contributed by atoms with Crippen LogP contribution in [0.4, 0.5) is 13.2 Å². The Morgan fingerprint density at radius 1 is 1.13 bits per heavy atom. The first kappa shape index (κ1) is 25.2. The van der Waals surface area contributed by atoms with Gasteiger partial charge in [-0.1, -0.05) is 12.1 Å². The van der Waals surface area contributed by atoms with E-state index in [1.807, 2.05) is 0 Å². The van der Waals surface area contributed by atoms with Crippen LogP contribution >= 0.6 is 0 Å². The molecule has 0 fully saturated rings. The van der Waals surface area contributed by atoms with Crippen molar-refractivity contribution in [2.75, 3.05) is 13.2 Å². The minimum absolute atomic E-state index is 0.0616. The van der Waals surface area contributed by atoms with Crippen LogP contribution in [0, 0.1) is 0 Å². The summed E-state index contributed by atoms with van der Waals surface area (Å²) >= 11 is 0. The summed E-state index contributed by atoms with van der Waals surface area (Å²) in [5.74, 6) is -1.54. The molecule has 1 aliphatic rings. The van der Waals surface area contributed by atoms with Crippen LogP contribution in [0.25, 0.3) is 22.0 Å². The highest BCUT2D eigenvalue weighted by atomic mass is 19.4. The lowest BCUT2D eigenvalue weighted by Crippen LogP contribution is -2.40. The van der Waals surface area contributed by atoms with Gasteiger partial charge in [0.25, 0.3) is 11.5 Å². The number of aliphatic hydroxyl groups excluding tert-OH is 1. The minimum atomic E-state index is -4.56. The van der Waals surface area contributed by atoms with Gasteiger partial charge >= 0.3 is 6.18 Å². The van der Waals surface area contributed by atoms with Crippen molar-refractivity contribution in [3.63, 3.8) is 0 Å². The lowest BCUT2D eigenvalue weighted by atomic mass is 9.97. The second-order valence-electron chi connectivity index (χ2n) is 8.50. The highest BCUT2D eigenvalue weighted by molar-refractivity contribution is 6.05. The van der Waals surface area contributed by atoms with E-state index in [9.17, 15) is 27.9 Å². The fourth-order valence-electron chi connectivity index (χ4n) is 4.42. The number of aromatic hydroxyl groups is 1. The monoisotopic (exact) mass is 528 g/mol. The van der Waals surface area contributed by atoms with Crippen LogP contribution in [0.3, 0.4) is 0 Å². The van der Waals surface area contributed by atoms with E-state index in [4.69, 9.17) is 14.9 Å². The number of aromatic nitrogens is 3. The average molecular weight is 528 g/mol. The molecule has 13 heteroatoms. The molecule has 0 saturated carbocycles. The zero-order valence-corrected chi connectivity index (χ0v) is 19.3. The van der Waals surface area contributed by atoms with Gasteiger partial charge in [0.2, 0.25) is 0 Å². The molecule has 4 aromatic rings. The molecule has 10 nitrogen and oxygen atoms in total. The number of hydrogen-bond donors (Lipinski definition) is 4. The molecule has 2 aromatic carbocycles. The van der Waals surface area contributed by atoms with E-state index in [1.165, 1.54) is 41.5 Å². The molecule has 3 heterocycles. The zero-order valence-electron chi connectivity index (χ0n) is 19.3. The van der Waals surface area contributed by atoms with Gasteiger partial charge in [0.1, 0.15) is 24.2 Å². The van der Waals surface area contributed by atoms with Crippen LogP contribution < -0.4 is 15.6 Å². The van der Waals surface area contributed by atoms with Crippen molar-refractivity contribution in [3.8, 4) is 22.6 Å². The molecule has 0 radical (unpaired) electrons. The molecule has 4 N–H and O–H groups in total. The van der Waals surface area contributed by atoms with Crippen LogP contribution in [0.15, 0.2) is 59.9 Å². The number of nitrogens with zero attached hydrogens (tertiary/aromatic N) is 3. The van der Waals surface area contributed by atoms with Crippen molar-refractivity contribution < 1.29 is 38.0 Å². The normalized spacial score (nSPS) is 14.9. The second kappa shape index (κ2) is 9.43. The van der Waals surface area contributed by atoms with Crippen molar-refractivity contribution >= 4 is 16.8 Å². The molecule has 1 amide bonds. The number of hydrogen-bond acceptors (Lipinski definition) is 8. The second-order valence-corrected chi connectivity index (χ2v) is 8.50. The van der Waals surface area contributed by atoms with E-state index in [2.05, 4.69) is 15.3 Å². The maximum Gasteiger partial charge on any atom is 0.416 e. The van der Waals surface area contributed by atoms with Gasteiger partial charge in [-0.25, -0.2) is 9.97 Å². The molecule has 38 heavy (non-hydrogen) atoms. The lowest BCUT2D eigenvalue weighted by Gasteiger charge is -2.31. The molecule has 5 rings (SSSR count). The fraction of sp³-hybridized carbons (Fsp3) is 0.200. The summed E-state index contributed by atoms with van der Waals surface area (Å²) in [5.41, 5.74) is -1.07. The van der Waals surface area contributed by atoms with E-state index < -0.39 is 53.4 Å². The molecular weight excluding hydrogens is 509 g/mol. The predicted octanol–water partition coefficient (Wildman–Crippen LogP) is 2.21. The summed E-state index contributed by atoms with van der Waals surface area (Å²) in [4.78, 5) is 34.5. The van der Waals surface area contributed by atoms with Gasteiger partial charge in [-0.2, -0.15) is 13.2 Å². The Morgan fingerprint density at radius 2 is 1.82 bits per heavy atom. The number of pyridine rings is 1. The summed E-state index contributed by atoms with van der Waals surface area (Å²) in [6, 6.07) is 6.26. The Hall–Kier alpha value is -4.49. The number of halogens is 3. The van der Waals surface area contributed by atoms with Crippen molar-refractivity contribution in [2.45, 2.75) is 18.5 Å². The first-order chi connectivity index (χ1) is 18.1. The molecule has 196 valence electrons. The highest BCUT2D eigenvalue weighted by Crippen LogP contribution is 2.44. The van der Waals surface area contributed by atoms with Crippen molar-refractivity contribution in [2.24, 2.45) is 0 Å². The largest absolute Gasteiger partial charge is 0.506 e. The van der Waals surface area contributed by atoms with Crippen LogP contribution in [0.2, 0.25) is 0 Å². The van der Waals surface area contributed by atoms with Gasteiger partial charge in [-0.3, -0.25) is 14.2 Å². The fourth-order valence-corrected chi connectivity index (χ4v) is 4.42. The number of amides is 1. The average Bonchev–Trinajstić information content (AvgIpc) is 2.90. The third kappa shape index (κ3) is 4.31. The van der Waals surface area contributed by atoms with Gasteiger partial charge in [0.15, 0.2) is 12.0 Å². The standard InChI is InChI=1S/C25H19F3N4O6/c26-25(27,28)14-3-1-12(2-4-14)17-10-38-22-15(13-7-29-11-30-8-13)5-6-16-20(22)32(17)24(37)19(21(16)35)23(36)31-9-18(33)34/h1-8,11,17-18,33-35H,9-10H2,(H,31,36). The third-order valence-electron chi connectivity index (χ3n) is 6.16. The molecule has 0 bridgehead atoms. The molecule has 2 aromatic heterocycles. The van der Waals surface area contributed by atoms with E-state index in [0.717, 1.165) is 12.1 Å². The highest BCUT2D eigenvalue weighted by Gasteiger charge is 2.34. The summed E-state index contributed by atoms with van der Waals surface area (Å²) < 4.78 is 46.6. The number of carbonyl (C=O) groups is 1. The Labute approximate surface area is 211 Å². The molecular formula is C25H19F3N4O6. The summed E-state index contributed by atoms with van der Waals surface area (Å²) in [6.07, 6.45) is -2.11. The van der Waals surface area contributed by atoms with Crippen LogP contribution in [0.5, 0.6) is 11.5 Å². The number of alkyl halides is 3. The molecule has 0 saturated heterocycles. The molecule has 0 spiro atoms. The molecule has 1 unspecified atom stereocenters. The number of aliphatic hydroxyl groups is 2. The van der Waals surface area contributed by atoms with E-state index >= 15 is 0 Å². The topological polar surface area (TPSA) is 147 Å². The third-order valence-corrected chi connectivity index (χ3v) is 6.16. The number of benzene rings is 2. The van der Waals surface area contributed by atoms with Gasteiger partial charge in [0.05, 0.1) is 23.7 Å². The predicted molar refractivity (Wildman–Crippen MR) is 127 cm³/mol. The SMILES string of the molecule is O=C(NCC(O)O)c1c(O)c2ccc(-c3cncnc3)c3c2n(c1=O)C(c1ccc(C(F)(F)F)cc1)CO3.